The van der Waals surface area contributed by atoms with E-state index in [0.717, 1.165) is 0 Å². The van der Waals surface area contributed by atoms with Gasteiger partial charge < -0.3 is 11.1 Å². The predicted molar refractivity (Wildman–Crippen MR) is 73.5 cm³/mol. The van der Waals surface area contributed by atoms with Crippen molar-refractivity contribution in [1.29, 1.82) is 0 Å². The van der Waals surface area contributed by atoms with E-state index in [1.54, 1.807) is 19.2 Å². The molecule has 6 heteroatoms. The molecule has 1 aromatic heterocycles. The molecule has 0 radical (unpaired) electrons. The number of aryl methyl sites for hydroxylation is 1. The fourth-order valence-corrected chi connectivity index (χ4v) is 1.61. The summed E-state index contributed by atoms with van der Waals surface area (Å²) in [4.78, 5) is 12.0. The van der Waals surface area contributed by atoms with E-state index in [9.17, 15) is 9.18 Å². The molecule has 2 rings (SSSR count). The van der Waals surface area contributed by atoms with Crippen LogP contribution in [0.3, 0.4) is 0 Å². The van der Waals surface area contributed by atoms with Crippen LogP contribution in [0, 0.1) is 17.7 Å². The number of anilines is 1. The number of carbonyl (C=O) groups is 1. The van der Waals surface area contributed by atoms with E-state index in [-0.39, 0.29) is 12.1 Å². The van der Waals surface area contributed by atoms with Crippen LogP contribution in [0.2, 0.25) is 0 Å². The maximum atomic E-state index is 13.9. The van der Waals surface area contributed by atoms with Crippen LogP contribution in [0.15, 0.2) is 30.5 Å². The van der Waals surface area contributed by atoms with Crippen molar-refractivity contribution in [2.75, 3.05) is 11.9 Å². The average Bonchev–Trinajstić information content (AvgIpc) is 2.82. The van der Waals surface area contributed by atoms with Crippen molar-refractivity contribution >= 4 is 11.7 Å². The minimum absolute atomic E-state index is 0.0514. The third-order valence-electron chi connectivity index (χ3n) is 2.61. The quantitative estimate of drug-likeness (QED) is 0.805. The van der Waals surface area contributed by atoms with Gasteiger partial charge in [0.2, 0.25) is 0 Å². The largest absolute Gasteiger partial charge is 0.320 e. The van der Waals surface area contributed by atoms with Gasteiger partial charge in [0.1, 0.15) is 11.6 Å². The van der Waals surface area contributed by atoms with E-state index in [2.05, 4.69) is 22.3 Å². The number of carbonyl (C=O) groups excluding carboxylic acids is 1. The summed E-state index contributed by atoms with van der Waals surface area (Å²) < 4.78 is 15.4. The molecule has 0 bridgehead atoms. The van der Waals surface area contributed by atoms with E-state index in [4.69, 9.17) is 5.73 Å². The van der Waals surface area contributed by atoms with Gasteiger partial charge in [-0.3, -0.25) is 9.48 Å². The Hall–Kier alpha value is -2.65. The first-order valence-electron chi connectivity index (χ1n) is 5.89. The fourth-order valence-electron chi connectivity index (χ4n) is 1.61. The van der Waals surface area contributed by atoms with E-state index in [1.165, 1.54) is 23.0 Å². The second-order valence-electron chi connectivity index (χ2n) is 3.99. The number of halogens is 1. The number of nitrogens with zero attached hydrogens (tertiary/aromatic N) is 2. The molecule has 0 spiro atoms. The number of hydrogen-bond acceptors (Lipinski definition) is 3. The molecule has 5 nitrogen and oxygen atoms in total. The number of hydrogen-bond donors (Lipinski definition) is 2. The number of nitrogens with one attached hydrogen (secondary N) is 1. The normalized spacial score (nSPS) is 9.75. The van der Waals surface area contributed by atoms with Crippen LogP contribution in [-0.4, -0.2) is 22.2 Å². The number of rotatable bonds is 2. The van der Waals surface area contributed by atoms with Crippen molar-refractivity contribution in [3.05, 3.63) is 47.4 Å². The summed E-state index contributed by atoms with van der Waals surface area (Å²) in [6.45, 7) is 0.199. The van der Waals surface area contributed by atoms with Crippen molar-refractivity contribution < 1.29 is 9.18 Å². The lowest BCUT2D eigenvalue weighted by Gasteiger charge is -2.06. The third-order valence-corrected chi connectivity index (χ3v) is 2.61. The number of benzene rings is 1. The molecule has 0 fully saturated rings. The summed E-state index contributed by atoms with van der Waals surface area (Å²) in [5.41, 5.74) is 5.67. The maximum absolute atomic E-state index is 13.9. The molecule has 3 N–H and O–H groups in total. The number of amides is 1. The Labute approximate surface area is 115 Å². The zero-order valence-corrected chi connectivity index (χ0v) is 10.9. The SMILES string of the molecule is Cn1nccc1NC(=O)c1ccc(C#CCN)cc1F. The standard InChI is InChI=1S/C14H13FN4O/c1-19-13(6-8-17-19)18-14(20)11-5-4-10(3-2-7-16)9-12(11)15/h4-6,8-9H,7,16H2,1H3,(H,18,20). The van der Waals surface area contributed by atoms with Gasteiger partial charge in [0, 0.05) is 18.7 Å². The minimum atomic E-state index is -0.631. The van der Waals surface area contributed by atoms with Crippen LogP contribution < -0.4 is 11.1 Å². The molecular formula is C14H13FN4O. The summed E-state index contributed by atoms with van der Waals surface area (Å²) in [5.74, 6) is 4.65. The monoisotopic (exact) mass is 272 g/mol. The molecule has 1 heterocycles. The molecule has 0 saturated carbocycles. The minimum Gasteiger partial charge on any atom is -0.320 e. The molecule has 0 aliphatic rings. The third kappa shape index (κ3) is 3.02. The lowest BCUT2D eigenvalue weighted by molar-refractivity contribution is 0.102. The topological polar surface area (TPSA) is 72.9 Å². The van der Waals surface area contributed by atoms with E-state index < -0.39 is 11.7 Å². The second kappa shape index (κ2) is 5.99. The summed E-state index contributed by atoms with van der Waals surface area (Å²) in [5, 5.41) is 6.49. The Kier molecular flexibility index (Phi) is 4.13. The lowest BCUT2D eigenvalue weighted by atomic mass is 10.1. The number of aromatic nitrogens is 2. The highest BCUT2D eigenvalue weighted by atomic mass is 19.1. The van der Waals surface area contributed by atoms with Crippen molar-refractivity contribution in [1.82, 2.24) is 9.78 Å². The van der Waals surface area contributed by atoms with Gasteiger partial charge in [0.15, 0.2) is 0 Å². The van der Waals surface area contributed by atoms with Gasteiger partial charge in [0.05, 0.1) is 18.3 Å². The van der Waals surface area contributed by atoms with Crippen molar-refractivity contribution in [2.24, 2.45) is 12.8 Å². The van der Waals surface area contributed by atoms with E-state index in [1.807, 2.05) is 0 Å². The van der Waals surface area contributed by atoms with Gasteiger partial charge >= 0.3 is 0 Å². The Morgan fingerprint density at radius 2 is 2.30 bits per heavy atom. The Balaban J connectivity index is 2.20. The molecule has 20 heavy (non-hydrogen) atoms. The van der Waals surface area contributed by atoms with Gasteiger partial charge in [-0.15, -0.1) is 0 Å². The smallest absolute Gasteiger partial charge is 0.259 e. The molecule has 0 aliphatic carbocycles. The molecule has 1 amide bonds. The molecule has 2 aromatic rings. The molecule has 0 aliphatic heterocycles. The van der Waals surface area contributed by atoms with Gasteiger partial charge in [-0.25, -0.2) is 4.39 Å². The van der Waals surface area contributed by atoms with Gasteiger partial charge in [0.25, 0.3) is 5.91 Å². The van der Waals surface area contributed by atoms with Crippen LogP contribution in [0.25, 0.3) is 0 Å². The summed E-state index contributed by atoms with van der Waals surface area (Å²) in [7, 11) is 1.68. The zero-order valence-electron chi connectivity index (χ0n) is 10.9. The lowest BCUT2D eigenvalue weighted by Crippen LogP contribution is -2.16. The molecule has 0 atom stereocenters. The van der Waals surface area contributed by atoms with Crippen molar-refractivity contribution in [3.8, 4) is 11.8 Å². The molecule has 0 saturated heterocycles. The fraction of sp³-hybridized carbons (Fsp3) is 0.143. The van der Waals surface area contributed by atoms with Crippen molar-refractivity contribution in [2.45, 2.75) is 0 Å². The molecule has 1 aromatic carbocycles. The van der Waals surface area contributed by atoms with Gasteiger partial charge in [-0.05, 0) is 18.2 Å². The average molecular weight is 272 g/mol. The van der Waals surface area contributed by atoms with Gasteiger partial charge in [-0.2, -0.15) is 5.10 Å². The highest BCUT2D eigenvalue weighted by Gasteiger charge is 2.13. The van der Waals surface area contributed by atoms with Crippen LogP contribution in [0.1, 0.15) is 15.9 Å². The first kappa shape index (κ1) is 13.8. The molecule has 102 valence electrons. The molecular weight excluding hydrogens is 259 g/mol. The summed E-state index contributed by atoms with van der Waals surface area (Å²) >= 11 is 0. The Bertz CT molecular complexity index is 697. The first-order valence-corrected chi connectivity index (χ1v) is 5.89. The van der Waals surface area contributed by atoms with Crippen molar-refractivity contribution in [3.63, 3.8) is 0 Å². The zero-order chi connectivity index (χ0) is 14.5. The van der Waals surface area contributed by atoms with Crippen LogP contribution in [0.4, 0.5) is 10.2 Å². The van der Waals surface area contributed by atoms with Crippen LogP contribution in [-0.2, 0) is 7.05 Å². The highest BCUT2D eigenvalue weighted by molar-refractivity contribution is 6.04. The Morgan fingerprint density at radius 1 is 1.50 bits per heavy atom. The van der Waals surface area contributed by atoms with Crippen LogP contribution >= 0.6 is 0 Å². The summed E-state index contributed by atoms with van der Waals surface area (Å²) in [6, 6.07) is 5.79. The van der Waals surface area contributed by atoms with Crippen LogP contribution in [0.5, 0.6) is 0 Å². The first-order chi connectivity index (χ1) is 9.61. The molecule has 0 unspecified atom stereocenters. The van der Waals surface area contributed by atoms with E-state index >= 15 is 0 Å². The second-order valence-corrected chi connectivity index (χ2v) is 3.99. The van der Waals surface area contributed by atoms with Gasteiger partial charge in [-0.1, -0.05) is 11.8 Å². The highest BCUT2D eigenvalue weighted by Crippen LogP contribution is 2.13. The predicted octanol–water partition coefficient (Wildman–Crippen LogP) is 1.12. The van der Waals surface area contributed by atoms with E-state index in [0.29, 0.717) is 11.4 Å². The Morgan fingerprint density at radius 3 is 2.90 bits per heavy atom. The summed E-state index contributed by atoms with van der Waals surface area (Å²) in [6.07, 6.45) is 1.54. The maximum Gasteiger partial charge on any atom is 0.259 e. The number of nitrogens with two attached hydrogens (primary N) is 1.